The number of Topliss-reactive ketones (excluding diaryl/α,β-unsaturated/α-hetero) is 1. The maximum Gasteiger partial charge on any atom is 0.165 e. The molecule has 0 aromatic heterocycles. The first-order valence-electron chi connectivity index (χ1n) is 9.17. The highest BCUT2D eigenvalue weighted by Crippen LogP contribution is 2.61. The van der Waals surface area contributed by atoms with E-state index in [1.54, 1.807) is 5.57 Å². The highest BCUT2D eigenvalue weighted by Gasteiger charge is 2.58. The zero-order valence-electron chi connectivity index (χ0n) is 13.7. The lowest BCUT2D eigenvalue weighted by atomic mass is 9.55. The smallest absolute Gasteiger partial charge is 0.165 e. The number of hydrogen-bond acceptors (Lipinski definition) is 2. The molecule has 0 radical (unpaired) electrons. The van der Waals surface area contributed by atoms with E-state index in [1.807, 2.05) is 6.92 Å². The molecule has 0 spiro atoms. The van der Waals surface area contributed by atoms with E-state index in [4.69, 9.17) is 4.74 Å². The van der Waals surface area contributed by atoms with Crippen molar-refractivity contribution in [3.05, 3.63) is 23.3 Å². The van der Waals surface area contributed by atoms with Gasteiger partial charge in [-0.2, -0.15) is 0 Å². The summed E-state index contributed by atoms with van der Waals surface area (Å²) < 4.78 is 5.82. The van der Waals surface area contributed by atoms with Crippen LogP contribution in [0.25, 0.3) is 0 Å². The molecule has 1 saturated heterocycles. The van der Waals surface area contributed by atoms with Crippen LogP contribution in [0, 0.1) is 29.1 Å². The standard InChI is InChI=1S/C20H26O2/c1-3-11-8-16-14-5-4-12-9-17-18(22-17)10-15(12)13(14)6-7-20(16,2)19(11)21/h3,6,12,14-18H,4-5,7-10H2,1-2H3/b11-3+/t12?,14-,15+,16+,17?,18?,20+/m1/s1. The number of rotatable bonds is 0. The van der Waals surface area contributed by atoms with Crippen LogP contribution in [0.2, 0.25) is 0 Å². The number of carbonyl (C=O) groups is 1. The van der Waals surface area contributed by atoms with E-state index < -0.39 is 0 Å². The number of allylic oxidation sites excluding steroid dienone is 4. The topological polar surface area (TPSA) is 29.6 Å². The first kappa shape index (κ1) is 13.5. The molecule has 118 valence electrons. The van der Waals surface area contributed by atoms with E-state index in [0.29, 0.717) is 29.8 Å². The number of hydrogen-bond donors (Lipinski definition) is 0. The second-order valence-electron chi connectivity index (χ2n) is 8.51. The van der Waals surface area contributed by atoms with Crippen LogP contribution in [0.5, 0.6) is 0 Å². The molecule has 0 N–H and O–H groups in total. The van der Waals surface area contributed by atoms with Gasteiger partial charge >= 0.3 is 0 Å². The molecule has 2 heteroatoms. The average molecular weight is 298 g/mol. The van der Waals surface area contributed by atoms with Crippen molar-refractivity contribution in [1.82, 2.24) is 0 Å². The second-order valence-corrected chi connectivity index (χ2v) is 8.51. The lowest BCUT2D eigenvalue weighted by Gasteiger charge is -2.48. The Labute approximate surface area is 133 Å². The molecular weight excluding hydrogens is 272 g/mol. The van der Waals surface area contributed by atoms with Crippen molar-refractivity contribution in [2.24, 2.45) is 29.1 Å². The van der Waals surface area contributed by atoms with Crippen LogP contribution >= 0.6 is 0 Å². The summed E-state index contributed by atoms with van der Waals surface area (Å²) in [5, 5.41) is 0. The minimum atomic E-state index is -0.115. The molecular formula is C20H26O2. The average Bonchev–Trinajstić information content (AvgIpc) is 3.23. The quantitative estimate of drug-likeness (QED) is 0.383. The van der Waals surface area contributed by atoms with Crippen LogP contribution in [-0.2, 0) is 9.53 Å². The number of carbonyl (C=O) groups excluding carboxylic acids is 1. The van der Waals surface area contributed by atoms with Gasteiger partial charge in [0, 0.05) is 5.41 Å². The SMILES string of the molecule is C/C=C1\C[C@H]2[C@@H]3CCC4CC5OC5C[C@@H]4C3=CC[C@]2(C)C1=O. The van der Waals surface area contributed by atoms with Crippen LogP contribution < -0.4 is 0 Å². The molecule has 7 atom stereocenters. The highest BCUT2D eigenvalue weighted by molar-refractivity contribution is 6.02. The maximum atomic E-state index is 12.8. The molecule has 22 heavy (non-hydrogen) atoms. The largest absolute Gasteiger partial charge is 0.370 e. The Kier molecular flexibility index (Phi) is 2.67. The van der Waals surface area contributed by atoms with Crippen LogP contribution in [0.15, 0.2) is 23.3 Å². The summed E-state index contributed by atoms with van der Waals surface area (Å²) in [6.45, 7) is 4.27. The molecule has 3 saturated carbocycles. The van der Waals surface area contributed by atoms with E-state index in [0.717, 1.165) is 30.3 Å². The molecule has 2 nitrogen and oxygen atoms in total. The predicted octanol–water partition coefficient (Wildman–Crippen LogP) is 4.06. The number of fused-ring (bicyclic) bond motifs is 6. The van der Waals surface area contributed by atoms with Gasteiger partial charge in [-0.15, -0.1) is 0 Å². The third kappa shape index (κ3) is 1.62. The zero-order chi connectivity index (χ0) is 15.1. The van der Waals surface area contributed by atoms with Gasteiger partial charge in [-0.3, -0.25) is 4.79 Å². The minimum Gasteiger partial charge on any atom is -0.370 e. The van der Waals surface area contributed by atoms with E-state index >= 15 is 0 Å². The fourth-order valence-electron chi connectivity index (χ4n) is 6.30. The number of epoxide rings is 1. The second kappa shape index (κ2) is 4.35. The summed E-state index contributed by atoms with van der Waals surface area (Å²) in [7, 11) is 0. The molecule has 0 bridgehead atoms. The van der Waals surface area contributed by atoms with Crippen molar-refractivity contribution in [1.29, 1.82) is 0 Å². The van der Waals surface area contributed by atoms with Crippen LogP contribution in [0.1, 0.15) is 52.4 Å². The lowest BCUT2D eigenvalue weighted by molar-refractivity contribution is -0.124. The molecule has 5 rings (SSSR count). The summed E-state index contributed by atoms with van der Waals surface area (Å²) in [4.78, 5) is 12.8. The Morgan fingerprint density at radius 2 is 2.05 bits per heavy atom. The minimum absolute atomic E-state index is 0.115. The Morgan fingerprint density at radius 3 is 2.86 bits per heavy atom. The van der Waals surface area contributed by atoms with E-state index in [2.05, 4.69) is 19.1 Å². The number of ketones is 1. The Hall–Kier alpha value is -0.890. The number of ether oxygens (including phenoxy) is 1. The molecule has 5 aliphatic rings. The maximum absolute atomic E-state index is 12.8. The zero-order valence-corrected chi connectivity index (χ0v) is 13.7. The molecule has 1 heterocycles. The fourth-order valence-corrected chi connectivity index (χ4v) is 6.30. The van der Waals surface area contributed by atoms with Gasteiger partial charge in [-0.25, -0.2) is 0 Å². The van der Waals surface area contributed by atoms with Crippen molar-refractivity contribution in [3.8, 4) is 0 Å². The predicted molar refractivity (Wildman–Crippen MR) is 85.3 cm³/mol. The molecule has 0 amide bonds. The molecule has 0 aromatic rings. The van der Waals surface area contributed by atoms with E-state index in [9.17, 15) is 4.79 Å². The monoisotopic (exact) mass is 298 g/mol. The highest BCUT2D eigenvalue weighted by atomic mass is 16.6. The van der Waals surface area contributed by atoms with Crippen LogP contribution in [0.3, 0.4) is 0 Å². The van der Waals surface area contributed by atoms with Crippen LogP contribution in [0.4, 0.5) is 0 Å². The summed E-state index contributed by atoms with van der Waals surface area (Å²) in [6.07, 6.45) is 12.9. The summed E-state index contributed by atoms with van der Waals surface area (Å²) in [6, 6.07) is 0. The van der Waals surface area contributed by atoms with Gasteiger partial charge in [0.1, 0.15) is 0 Å². The fraction of sp³-hybridized carbons (Fsp3) is 0.750. The van der Waals surface area contributed by atoms with Crippen molar-refractivity contribution in [2.75, 3.05) is 0 Å². The van der Waals surface area contributed by atoms with Gasteiger partial charge in [-0.05, 0) is 74.7 Å². The van der Waals surface area contributed by atoms with Gasteiger partial charge < -0.3 is 4.74 Å². The molecule has 1 aliphatic heterocycles. The van der Waals surface area contributed by atoms with Crippen molar-refractivity contribution < 1.29 is 9.53 Å². The van der Waals surface area contributed by atoms with Gasteiger partial charge in [0.15, 0.2) is 5.78 Å². The Morgan fingerprint density at radius 1 is 1.23 bits per heavy atom. The van der Waals surface area contributed by atoms with Crippen molar-refractivity contribution >= 4 is 5.78 Å². The normalized spacial score (nSPS) is 54.2. The summed E-state index contributed by atoms with van der Waals surface area (Å²) in [5.41, 5.74) is 2.70. The molecule has 4 aliphatic carbocycles. The summed E-state index contributed by atoms with van der Waals surface area (Å²) >= 11 is 0. The lowest BCUT2D eigenvalue weighted by Crippen LogP contribution is -2.43. The van der Waals surface area contributed by atoms with Crippen molar-refractivity contribution in [3.63, 3.8) is 0 Å². The Balaban J connectivity index is 1.50. The van der Waals surface area contributed by atoms with Gasteiger partial charge in [0.05, 0.1) is 12.2 Å². The van der Waals surface area contributed by atoms with Crippen molar-refractivity contribution in [2.45, 2.75) is 64.6 Å². The third-order valence-electron chi connectivity index (χ3n) is 7.65. The third-order valence-corrected chi connectivity index (χ3v) is 7.65. The Bertz CT molecular complexity index is 601. The van der Waals surface area contributed by atoms with Gasteiger partial charge in [0.25, 0.3) is 0 Å². The molecule has 3 unspecified atom stereocenters. The summed E-state index contributed by atoms with van der Waals surface area (Å²) in [5.74, 6) is 3.28. The first-order valence-corrected chi connectivity index (χ1v) is 9.17. The molecule has 4 fully saturated rings. The van der Waals surface area contributed by atoms with E-state index in [1.165, 1.54) is 25.7 Å². The molecule has 0 aromatic carbocycles. The van der Waals surface area contributed by atoms with E-state index in [-0.39, 0.29) is 5.41 Å². The first-order chi connectivity index (χ1) is 10.6. The van der Waals surface area contributed by atoms with Gasteiger partial charge in [0.2, 0.25) is 0 Å². The van der Waals surface area contributed by atoms with Gasteiger partial charge in [-0.1, -0.05) is 24.6 Å². The van der Waals surface area contributed by atoms with Crippen LogP contribution in [-0.4, -0.2) is 18.0 Å².